The van der Waals surface area contributed by atoms with Crippen molar-refractivity contribution in [2.75, 3.05) is 5.73 Å². The molecule has 6 nitrogen and oxygen atoms in total. The van der Waals surface area contributed by atoms with Gasteiger partial charge in [0.15, 0.2) is 5.75 Å². The molecule has 0 bridgehead atoms. The first-order chi connectivity index (χ1) is 13.7. The summed E-state index contributed by atoms with van der Waals surface area (Å²) >= 11 is 0. The summed E-state index contributed by atoms with van der Waals surface area (Å²) in [5.74, 6) is -0.0357. The average molecular weight is 367 g/mol. The summed E-state index contributed by atoms with van der Waals surface area (Å²) in [7, 11) is 0. The zero-order valence-electron chi connectivity index (χ0n) is 14.9. The average Bonchev–Trinajstić information content (AvgIpc) is 2.74. The van der Waals surface area contributed by atoms with E-state index in [0.29, 0.717) is 28.1 Å². The molecule has 0 saturated carbocycles. The van der Waals surface area contributed by atoms with Crippen LogP contribution < -0.4 is 5.73 Å². The molecule has 0 aliphatic rings. The minimum absolute atomic E-state index is 0.0357. The second-order valence-electron chi connectivity index (χ2n) is 6.10. The Hall–Kier alpha value is -4.06. The van der Waals surface area contributed by atoms with Gasteiger partial charge in [-0.05, 0) is 41.8 Å². The number of phenols is 1. The minimum Gasteiger partial charge on any atom is -0.505 e. The van der Waals surface area contributed by atoms with E-state index in [1.165, 1.54) is 0 Å². The van der Waals surface area contributed by atoms with E-state index < -0.39 is 0 Å². The molecule has 0 heterocycles. The molecule has 4 aromatic rings. The SMILES string of the molecule is Nc1c(/N=N/c2ccccc2)ccc2ccc(/N=N/c3ccccc3)c(O)c12. The van der Waals surface area contributed by atoms with Crippen LogP contribution in [-0.2, 0) is 0 Å². The van der Waals surface area contributed by atoms with Crippen molar-refractivity contribution in [3.63, 3.8) is 0 Å². The van der Waals surface area contributed by atoms with E-state index in [1.54, 1.807) is 12.1 Å². The van der Waals surface area contributed by atoms with Crippen LogP contribution in [0.4, 0.5) is 28.4 Å². The Bertz CT molecular complexity index is 1080. The summed E-state index contributed by atoms with van der Waals surface area (Å²) in [4.78, 5) is 0. The zero-order chi connectivity index (χ0) is 19.3. The number of hydrogen-bond acceptors (Lipinski definition) is 6. The van der Waals surface area contributed by atoms with E-state index in [2.05, 4.69) is 20.5 Å². The van der Waals surface area contributed by atoms with E-state index in [9.17, 15) is 5.11 Å². The Morgan fingerprint density at radius 2 is 1.07 bits per heavy atom. The number of hydrogen-bond donors (Lipinski definition) is 2. The highest BCUT2D eigenvalue weighted by molar-refractivity contribution is 6.04. The van der Waals surface area contributed by atoms with Crippen LogP contribution in [0, 0.1) is 0 Å². The van der Waals surface area contributed by atoms with E-state index >= 15 is 0 Å². The molecule has 0 unspecified atom stereocenters. The third-order valence-corrected chi connectivity index (χ3v) is 4.21. The van der Waals surface area contributed by atoms with Crippen molar-refractivity contribution in [3.05, 3.63) is 84.9 Å². The fraction of sp³-hybridized carbons (Fsp3) is 0. The number of benzene rings is 4. The number of nitrogens with zero attached hydrogens (tertiary/aromatic N) is 4. The van der Waals surface area contributed by atoms with Gasteiger partial charge in [-0.15, -0.1) is 10.2 Å². The maximum Gasteiger partial charge on any atom is 0.153 e. The lowest BCUT2D eigenvalue weighted by atomic mass is 10.1. The van der Waals surface area contributed by atoms with Crippen LogP contribution in [0.2, 0.25) is 0 Å². The lowest BCUT2D eigenvalue weighted by Gasteiger charge is -2.08. The highest BCUT2D eigenvalue weighted by Crippen LogP contribution is 2.42. The smallest absolute Gasteiger partial charge is 0.153 e. The lowest BCUT2D eigenvalue weighted by Crippen LogP contribution is -1.88. The first-order valence-corrected chi connectivity index (χ1v) is 8.70. The minimum atomic E-state index is -0.0357. The topological polar surface area (TPSA) is 95.7 Å². The number of azo groups is 2. The summed E-state index contributed by atoms with van der Waals surface area (Å²) in [6.45, 7) is 0. The van der Waals surface area contributed by atoms with Crippen LogP contribution in [0.5, 0.6) is 5.75 Å². The molecule has 4 rings (SSSR count). The number of nitrogen functional groups attached to an aromatic ring is 1. The van der Waals surface area contributed by atoms with Crippen molar-refractivity contribution >= 4 is 39.2 Å². The molecular formula is C22H17N5O. The largest absolute Gasteiger partial charge is 0.505 e. The van der Waals surface area contributed by atoms with Crippen LogP contribution in [-0.4, -0.2) is 5.11 Å². The number of anilines is 1. The van der Waals surface area contributed by atoms with E-state index in [0.717, 1.165) is 11.1 Å². The summed E-state index contributed by atoms with van der Waals surface area (Å²) in [5, 5.41) is 28.7. The standard InChI is InChI=1S/C22H17N5O/c23-21-18(26-24-16-7-3-1-4-8-16)13-11-15-12-14-19(22(28)20(15)21)27-25-17-9-5-2-6-10-17/h1-14,28H,23H2/b26-24+,27-25+. The van der Waals surface area contributed by atoms with Gasteiger partial charge >= 0.3 is 0 Å². The van der Waals surface area contributed by atoms with Gasteiger partial charge in [0.1, 0.15) is 11.4 Å². The van der Waals surface area contributed by atoms with E-state index in [1.807, 2.05) is 72.8 Å². The summed E-state index contributed by atoms with van der Waals surface area (Å²) in [6, 6.07) is 25.8. The van der Waals surface area contributed by atoms with Gasteiger partial charge in [0.2, 0.25) is 0 Å². The maximum absolute atomic E-state index is 10.7. The molecule has 28 heavy (non-hydrogen) atoms. The predicted octanol–water partition coefficient (Wildman–Crippen LogP) is 6.96. The molecule has 136 valence electrons. The van der Waals surface area contributed by atoms with E-state index in [-0.39, 0.29) is 5.75 Å². The molecule has 0 saturated heterocycles. The van der Waals surface area contributed by atoms with Gasteiger partial charge in [0.05, 0.1) is 22.4 Å². The first-order valence-electron chi connectivity index (χ1n) is 8.70. The number of phenolic OH excluding ortho intramolecular Hbond substituents is 1. The molecule has 0 fully saturated rings. The normalized spacial score (nSPS) is 11.6. The molecular weight excluding hydrogens is 350 g/mol. The number of nitrogens with two attached hydrogens (primary N) is 1. The fourth-order valence-corrected chi connectivity index (χ4v) is 2.78. The van der Waals surface area contributed by atoms with Crippen molar-refractivity contribution in [3.8, 4) is 5.75 Å². The highest BCUT2D eigenvalue weighted by atomic mass is 16.3. The fourth-order valence-electron chi connectivity index (χ4n) is 2.78. The van der Waals surface area contributed by atoms with Gasteiger partial charge in [-0.25, -0.2) is 0 Å². The Kier molecular flexibility index (Phi) is 4.76. The Morgan fingerprint density at radius 1 is 0.571 bits per heavy atom. The van der Waals surface area contributed by atoms with Crippen LogP contribution >= 0.6 is 0 Å². The van der Waals surface area contributed by atoms with Crippen molar-refractivity contribution in [1.29, 1.82) is 0 Å². The first kappa shape index (κ1) is 17.4. The molecule has 0 aromatic heterocycles. The van der Waals surface area contributed by atoms with Crippen LogP contribution in [0.3, 0.4) is 0 Å². The number of rotatable bonds is 4. The maximum atomic E-state index is 10.7. The Labute approximate surface area is 161 Å². The van der Waals surface area contributed by atoms with E-state index in [4.69, 9.17) is 5.73 Å². The summed E-state index contributed by atoms with van der Waals surface area (Å²) in [6.07, 6.45) is 0. The molecule has 4 aromatic carbocycles. The predicted molar refractivity (Wildman–Crippen MR) is 111 cm³/mol. The van der Waals surface area contributed by atoms with Gasteiger partial charge in [-0.3, -0.25) is 0 Å². The van der Waals surface area contributed by atoms with Crippen LogP contribution in [0.1, 0.15) is 0 Å². The Morgan fingerprint density at radius 3 is 1.64 bits per heavy atom. The third kappa shape index (κ3) is 3.57. The second kappa shape index (κ2) is 7.67. The molecule has 3 N–H and O–H groups in total. The number of fused-ring (bicyclic) bond motifs is 1. The van der Waals surface area contributed by atoms with Gasteiger partial charge in [0, 0.05) is 0 Å². The summed E-state index contributed by atoms with van der Waals surface area (Å²) in [5.41, 5.74) is 8.84. The molecule has 0 amide bonds. The van der Waals surface area contributed by atoms with Crippen LogP contribution in [0.15, 0.2) is 105 Å². The van der Waals surface area contributed by atoms with Crippen LogP contribution in [0.25, 0.3) is 10.8 Å². The van der Waals surface area contributed by atoms with Gasteiger partial charge < -0.3 is 10.8 Å². The molecule has 0 atom stereocenters. The van der Waals surface area contributed by atoms with Crippen molar-refractivity contribution in [1.82, 2.24) is 0 Å². The second-order valence-corrected chi connectivity index (χ2v) is 6.10. The third-order valence-electron chi connectivity index (χ3n) is 4.21. The Balaban J connectivity index is 1.73. The van der Waals surface area contributed by atoms with Gasteiger partial charge in [-0.1, -0.05) is 48.5 Å². The zero-order valence-corrected chi connectivity index (χ0v) is 14.9. The quantitative estimate of drug-likeness (QED) is 0.301. The number of aromatic hydroxyl groups is 1. The molecule has 0 aliphatic carbocycles. The lowest BCUT2D eigenvalue weighted by molar-refractivity contribution is 0.483. The molecule has 0 radical (unpaired) electrons. The monoisotopic (exact) mass is 367 g/mol. The van der Waals surface area contributed by atoms with Gasteiger partial charge in [-0.2, -0.15) is 10.2 Å². The van der Waals surface area contributed by atoms with Crippen molar-refractivity contribution in [2.45, 2.75) is 0 Å². The van der Waals surface area contributed by atoms with Crippen molar-refractivity contribution < 1.29 is 5.11 Å². The van der Waals surface area contributed by atoms with Gasteiger partial charge in [0.25, 0.3) is 0 Å². The molecule has 0 spiro atoms. The van der Waals surface area contributed by atoms with Crippen molar-refractivity contribution in [2.24, 2.45) is 20.5 Å². The molecule has 0 aliphatic heterocycles. The highest BCUT2D eigenvalue weighted by Gasteiger charge is 2.12. The molecule has 6 heteroatoms. The summed E-state index contributed by atoms with van der Waals surface area (Å²) < 4.78 is 0.